The normalized spacial score (nSPS) is 14.4. The highest BCUT2D eigenvalue weighted by molar-refractivity contribution is 7.47. The number of rotatable bonds is 45. The first-order chi connectivity index (χ1) is 30.6. The van der Waals surface area contributed by atoms with E-state index in [0.29, 0.717) is 24.1 Å². The van der Waals surface area contributed by atoms with Crippen LogP contribution >= 0.6 is 7.82 Å². The molecule has 0 rings (SSSR count). The molecule has 2 atom stereocenters. The quantitative estimate of drug-likeness (QED) is 0.0214. The van der Waals surface area contributed by atoms with Gasteiger partial charge in [-0.1, -0.05) is 182 Å². The molecule has 63 heavy (non-hydrogen) atoms. The van der Waals surface area contributed by atoms with Gasteiger partial charge in [0.2, 0.25) is 0 Å². The number of hydrogen-bond donors (Lipinski definition) is 1. The zero-order valence-corrected chi connectivity index (χ0v) is 41.9. The summed E-state index contributed by atoms with van der Waals surface area (Å²) in [5.41, 5.74) is 0. The molecular weight excluding hydrogens is 806 g/mol. The molecule has 2 unspecified atom stereocenters. The maximum Gasteiger partial charge on any atom is 0.472 e. The summed E-state index contributed by atoms with van der Waals surface area (Å²) in [4.78, 5) is 23.0. The van der Waals surface area contributed by atoms with Crippen molar-refractivity contribution < 1.29 is 37.3 Å². The highest BCUT2D eigenvalue weighted by Gasteiger charge is 2.26. The summed E-state index contributed by atoms with van der Waals surface area (Å²) in [6, 6.07) is 0. The smallest absolute Gasteiger partial charge is 0.457 e. The number of carbonyl (C=O) groups is 1. The van der Waals surface area contributed by atoms with Gasteiger partial charge in [0.05, 0.1) is 34.4 Å². The Hall–Kier alpha value is -2.58. The summed E-state index contributed by atoms with van der Waals surface area (Å²) in [6.07, 6.45) is 63.0. The average Bonchev–Trinajstić information content (AvgIpc) is 3.24. The van der Waals surface area contributed by atoms with Crippen LogP contribution < -0.4 is 0 Å². The van der Waals surface area contributed by atoms with Crippen LogP contribution in [0.15, 0.2) is 97.2 Å². The number of ether oxygens (including phenoxy) is 2. The molecule has 0 saturated heterocycles. The average molecular weight is 901 g/mol. The molecule has 0 aromatic heterocycles. The Morgan fingerprint density at radius 3 is 1.30 bits per heavy atom. The highest BCUT2D eigenvalue weighted by atomic mass is 31.2. The molecule has 0 spiro atoms. The van der Waals surface area contributed by atoms with Crippen molar-refractivity contribution in [3.8, 4) is 0 Å². The second-order valence-electron chi connectivity index (χ2n) is 17.4. The monoisotopic (exact) mass is 901 g/mol. The number of esters is 1. The van der Waals surface area contributed by atoms with E-state index in [2.05, 4.69) is 111 Å². The molecule has 0 amide bonds. The predicted octanol–water partition coefficient (Wildman–Crippen LogP) is 15.4. The third-order valence-corrected chi connectivity index (χ3v) is 11.1. The van der Waals surface area contributed by atoms with Crippen molar-refractivity contribution in [2.24, 2.45) is 0 Å². The first-order valence-electron chi connectivity index (χ1n) is 25.0. The van der Waals surface area contributed by atoms with Crippen molar-refractivity contribution in [2.45, 2.75) is 187 Å². The van der Waals surface area contributed by atoms with Crippen LogP contribution in [0, 0.1) is 0 Å². The maximum atomic E-state index is 12.8. The molecule has 0 aliphatic carbocycles. The van der Waals surface area contributed by atoms with E-state index in [-0.39, 0.29) is 25.8 Å². The van der Waals surface area contributed by atoms with Crippen LogP contribution in [0.25, 0.3) is 0 Å². The first-order valence-corrected chi connectivity index (χ1v) is 26.5. The minimum absolute atomic E-state index is 0.0791. The van der Waals surface area contributed by atoms with E-state index in [1.54, 1.807) is 0 Å². The molecule has 9 heteroatoms. The summed E-state index contributed by atoms with van der Waals surface area (Å²) in [5.74, 6) is -0.331. The van der Waals surface area contributed by atoms with Gasteiger partial charge in [-0.15, -0.1) is 0 Å². The van der Waals surface area contributed by atoms with Crippen molar-refractivity contribution in [1.82, 2.24) is 0 Å². The Morgan fingerprint density at radius 2 is 0.873 bits per heavy atom. The lowest BCUT2D eigenvalue weighted by Crippen LogP contribution is -2.37. The molecule has 0 radical (unpaired) electrons. The Labute approximate surface area is 387 Å². The Morgan fingerprint density at radius 1 is 0.492 bits per heavy atom. The summed E-state index contributed by atoms with van der Waals surface area (Å²) in [5, 5.41) is 0. The van der Waals surface area contributed by atoms with Crippen LogP contribution in [0.5, 0.6) is 0 Å². The molecule has 0 fully saturated rings. The molecule has 8 nitrogen and oxygen atoms in total. The Bertz CT molecular complexity index is 1320. The number of nitrogens with zero attached hydrogens (tertiary/aromatic N) is 1. The lowest BCUT2D eigenvalue weighted by Gasteiger charge is -2.24. The van der Waals surface area contributed by atoms with E-state index in [4.69, 9.17) is 18.5 Å². The number of likely N-dealkylation sites (N-methyl/N-ethyl adjacent to an activating group) is 1. The van der Waals surface area contributed by atoms with E-state index in [1.165, 1.54) is 64.2 Å². The second kappa shape index (κ2) is 46.0. The number of quaternary nitrogens is 1. The van der Waals surface area contributed by atoms with Crippen molar-refractivity contribution in [3.63, 3.8) is 0 Å². The molecule has 1 N–H and O–H groups in total. The number of unbranched alkanes of at least 4 members (excludes halogenated alkanes) is 15. The van der Waals surface area contributed by atoms with Crippen LogP contribution in [0.1, 0.15) is 181 Å². The fourth-order valence-corrected chi connectivity index (χ4v) is 7.10. The zero-order valence-electron chi connectivity index (χ0n) is 41.0. The van der Waals surface area contributed by atoms with Crippen LogP contribution in [0.2, 0.25) is 0 Å². The van der Waals surface area contributed by atoms with E-state index < -0.39 is 13.9 Å². The number of phosphoric acid groups is 1. The van der Waals surface area contributed by atoms with Gasteiger partial charge < -0.3 is 18.9 Å². The molecule has 362 valence electrons. The molecule has 0 aromatic rings. The van der Waals surface area contributed by atoms with Crippen molar-refractivity contribution >= 4 is 13.8 Å². The maximum absolute atomic E-state index is 12.8. The van der Waals surface area contributed by atoms with Crippen LogP contribution in [0.3, 0.4) is 0 Å². The number of carbonyl (C=O) groups excluding carboxylic acids is 1. The minimum Gasteiger partial charge on any atom is -0.457 e. The van der Waals surface area contributed by atoms with Crippen LogP contribution in [-0.4, -0.2) is 75.6 Å². The van der Waals surface area contributed by atoms with Gasteiger partial charge >= 0.3 is 13.8 Å². The standard InChI is InChI=1S/C54H94NO7P/c1-6-8-10-12-14-16-18-20-22-24-26-27-28-29-30-31-33-35-37-39-41-43-45-47-54(56)62-53(52-61-63(57,58)60-50-48-55(3,4)5)51-59-49-46-44-42-40-38-36-34-32-25-23-21-19-17-15-13-11-9-7-2/h8-11,14-17,20-23,26-27,29-30,53H,6-7,12-13,18-19,24-25,28,31-52H2,1-5H3/p+1/b10-8-,11-9-,16-14-,17-15-,22-20-,23-21-,27-26-,30-29-. The molecule has 0 aliphatic rings. The van der Waals surface area contributed by atoms with E-state index in [0.717, 1.165) is 96.3 Å². The van der Waals surface area contributed by atoms with E-state index in [9.17, 15) is 14.3 Å². The third kappa shape index (κ3) is 50.3. The Balaban J connectivity index is 4.22. The van der Waals surface area contributed by atoms with Gasteiger partial charge in [0.1, 0.15) is 19.3 Å². The number of hydrogen-bond acceptors (Lipinski definition) is 6. The molecule has 0 saturated carbocycles. The van der Waals surface area contributed by atoms with Gasteiger partial charge in [0.25, 0.3) is 0 Å². The summed E-state index contributed by atoms with van der Waals surface area (Å²) < 4.78 is 35.1. The fourth-order valence-electron chi connectivity index (χ4n) is 6.36. The molecule has 0 bridgehead atoms. The van der Waals surface area contributed by atoms with Gasteiger partial charge in [0.15, 0.2) is 0 Å². The van der Waals surface area contributed by atoms with Crippen LogP contribution in [0.4, 0.5) is 0 Å². The minimum atomic E-state index is -4.29. The van der Waals surface area contributed by atoms with Gasteiger partial charge in [-0.25, -0.2) is 4.57 Å². The van der Waals surface area contributed by atoms with Crippen molar-refractivity contribution in [3.05, 3.63) is 97.2 Å². The SMILES string of the molecule is CC/C=C\C/C=C\C/C=C\C/C=C\C/C=C\CCCCCCCCCC(=O)OC(COCCCCCCCCCC/C=C\C/C=C\C/C=C\CC)COP(=O)(O)OCC[N+](C)(C)C. The highest BCUT2D eigenvalue weighted by Crippen LogP contribution is 2.43. The predicted molar refractivity (Wildman–Crippen MR) is 270 cm³/mol. The number of allylic oxidation sites excluding steroid dienone is 16. The summed E-state index contributed by atoms with van der Waals surface area (Å²) in [7, 11) is 1.64. The van der Waals surface area contributed by atoms with Gasteiger partial charge in [-0.2, -0.15) is 0 Å². The van der Waals surface area contributed by atoms with Gasteiger partial charge in [-0.3, -0.25) is 13.8 Å². The van der Waals surface area contributed by atoms with E-state index >= 15 is 0 Å². The molecule has 0 aliphatic heterocycles. The lowest BCUT2D eigenvalue weighted by atomic mass is 10.1. The third-order valence-electron chi connectivity index (χ3n) is 10.1. The zero-order chi connectivity index (χ0) is 46.2. The fraction of sp³-hybridized carbons (Fsp3) is 0.685. The molecule has 0 aromatic carbocycles. The first kappa shape index (κ1) is 60.4. The molecule has 0 heterocycles. The Kier molecular flexibility index (Phi) is 44.1. The molecular formula is C54H95NO7P+. The van der Waals surface area contributed by atoms with Gasteiger partial charge in [0, 0.05) is 13.0 Å². The summed E-state index contributed by atoms with van der Waals surface area (Å²) in [6.45, 7) is 5.35. The van der Waals surface area contributed by atoms with Crippen LogP contribution in [-0.2, 0) is 27.9 Å². The van der Waals surface area contributed by atoms with E-state index in [1.807, 2.05) is 21.1 Å². The topological polar surface area (TPSA) is 91.3 Å². The lowest BCUT2D eigenvalue weighted by molar-refractivity contribution is -0.870. The number of phosphoric ester groups is 1. The van der Waals surface area contributed by atoms with Crippen molar-refractivity contribution in [1.29, 1.82) is 0 Å². The van der Waals surface area contributed by atoms with Crippen molar-refractivity contribution in [2.75, 3.05) is 54.1 Å². The second-order valence-corrected chi connectivity index (χ2v) is 18.9. The summed E-state index contributed by atoms with van der Waals surface area (Å²) >= 11 is 0. The largest absolute Gasteiger partial charge is 0.472 e. The van der Waals surface area contributed by atoms with Gasteiger partial charge in [-0.05, 0) is 89.9 Å².